The van der Waals surface area contributed by atoms with Gasteiger partial charge in [0.05, 0.1) is 28.1 Å². The molecule has 3 aromatic heterocycles. The number of ether oxygens (including phenoxy) is 1. The van der Waals surface area contributed by atoms with Crippen LogP contribution in [-0.2, 0) is 5.41 Å². The van der Waals surface area contributed by atoms with Crippen molar-refractivity contribution < 1.29 is 4.74 Å². The highest BCUT2D eigenvalue weighted by molar-refractivity contribution is 7.16. The van der Waals surface area contributed by atoms with Gasteiger partial charge in [-0.2, -0.15) is 0 Å². The van der Waals surface area contributed by atoms with E-state index < -0.39 is 0 Å². The first-order chi connectivity index (χ1) is 29.8. The van der Waals surface area contributed by atoms with Gasteiger partial charge < -0.3 is 14.5 Å². The highest BCUT2D eigenvalue weighted by Crippen LogP contribution is 2.51. The lowest BCUT2D eigenvalue weighted by molar-refractivity contribution is 0.479. The standard InChI is InChI=1S/C55H44N4OS/c1-36-30-52(56-54-43(36)28-29-61-54)59-48-23-12-11-20-46(48)47-27-26-41(34-51(47)59)60-42-32-39(55(2,3)4)31-40(33-42)57-35-58(50-25-14-13-24-49(50)57)53-44(37-16-7-5-8-17-37)21-15-22-45(53)38-18-9-6-10-19-38/h5-34H,35H2,1-4H3. The molecule has 0 bridgehead atoms. The van der Waals surface area contributed by atoms with Crippen LogP contribution >= 0.6 is 11.3 Å². The highest BCUT2D eigenvalue weighted by atomic mass is 32.1. The predicted octanol–water partition coefficient (Wildman–Crippen LogP) is 15.4. The Balaban J connectivity index is 1.03. The molecule has 0 saturated carbocycles. The first kappa shape index (κ1) is 36.9. The van der Waals surface area contributed by atoms with E-state index in [1.165, 1.54) is 49.8 Å². The average Bonchev–Trinajstić information content (AvgIpc) is 4.01. The fraction of sp³-hybridized carbons (Fsp3) is 0.109. The van der Waals surface area contributed by atoms with Crippen molar-refractivity contribution in [2.24, 2.45) is 0 Å². The van der Waals surface area contributed by atoms with Gasteiger partial charge in [-0.05, 0) is 94.6 Å². The molecule has 1 aliphatic rings. The third kappa shape index (κ3) is 6.42. The molecule has 11 rings (SSSR count). The molecule has 5 nitrogen and oxygen atoms in total. The maximum Gasteiger partial charge on any atom is 0.139 e. The molecule has 0 fully saturated rings. The number of anilines is 4. The fourth-order valence-electron chi connectivity index (χ4n) is 9.00. The van der Waals surface area contributed by atoms with Gasteiger partial charge >= 0.3 is 0 Å². The molecule has 7 aromatic carbocycles. The smallest absolute Gasteiger partial charge is 0.139 e. The molecule has 0 atom stereocenters. The van der Waals surface area contributed by atoms with Gasteiger partial charge in [-0.15, -0.1) is 11.3 Å². The van der Waals surface area contributed by atoms with Crippen molar-refractivity contribution in [3.63, 3.8) is 0 Å². The van der Waals surface area contributed by atoms with Crippen LogP contribution in [0.1, 0.15) is 31.9 Å². The number of para-hydroxylation sites is 4. The van der Waals surface area contributed by atoms with Crippen molar-refractivity contribution in [1.82, 2.24) is 9.55 Å². The molecule has 0 aliphatic carbocycles. The maximum atomic E-state index is 6.97. The quantitative estimate of drug-likeness (QED) is 0.161. The van der Waals surface area contributed by atoms with Crippen LogP contribution in [0.25, 0.3) is 60.1 Å². The van der Waals surface area contributed by atoms with Crippen LogP contribution in [0, 0.1) is 6.92 Å². The van der Waals surface area contributed by atoms with Crippen LogP contribution in [0.5, 0.6) is 11.5 Å². The molecule has 0 spiro atoms. The number of thiophene rings is 1. The summed E-state index contributed by atoms with van der Waals surface area (Å²) in [6, 6.07) is 63.1. The van der Waals surface area contributed by atoms with E-state index in [2.05, 4.69) is 223 Å². The number of nitrogens with zero attached hydrogens (tertiary/aromatic N) is 4. The van der Waals surface area contributed by atoms with Crippen molar-refractivity contribution in [2.75, 3.05) is 16.5 Å². The molecular weight excluding hydrogens is 765 g/mol. The number of aryl methyl sites for hydroxylation is 1. The summed E-state index contributed by atoms with van der Waals surface area (Å²) < 4.78 is 9.26. The van der Waals surface area contributed by atoms with Gasteiger partial charge in [0.1, 0.15) is 28.8 Å². The van der Waals surface area contributed by atoms with Crippen LogP contribution < -0.4 is 14.5 Å². The van der Waals surface area contributed by atoms with Gasteiger partial charge in [0, 0.05) is 45.1 Å². The van der Waals surface area contributed by atoms with E-state index >= 15 is 0 Å². The minimum atomic E-state index is -0.131. The summed E-state index contributed by atoms with van der Waals surface area (Å²) in [5.74, 6) is 2.48. The molecule has 4 heterocycles. The zero-order valence-electron chi connectivity index (χ0n) is 34.6. The van der Waals surface area contributed by atoms with Gasteiger partial charge in [-0.3, -0.25) is 4.57 Å². The summed E-state index contributed by atoms with van der Waals surface area (Å²) in [7, 11) is 0. The van der Waals surface area contributed by atoms with Gasteiger partial charge in [0.25, 0.3) is 0 Å². The van der Waals surface area contributed by atoms with E-state index in [0.29, 0.717) is 6.67 Å². The van der Waals surface area contributed by atoms with Crippen molar-refractivity contribution in [3.8, 4) is 39.6 Å². The number of hydrogen-bond acceptors (Lipinski definition) is 5. The Bertz CT molecular complexity index is 3210. The lowest BCUT2D eigenvalue weighted by Crippen LogP contribution is -2.25. The SMILES string of the molecule is Cc1cc(-n2c3ccccc3c3ccc(Oc4cc(N5CN(c6c(-c7ccccc7)cccc6-c6ccccc6)c6ccccc65)cc(C(C)(C)C)c4)cc32)nc2sccc12. The van der Waals surface area contributed by atoms with E-state index in [0.717, 1.165) is 55.6 Å². The zero-order valence-corrected chi connectivity index (χ0v) is 35.4. The molecule has 0 unspecified atom stereocenters. The number of aromatic nitrogens is 2. The summed E-state index contributed by atoms with van der Waals surface area (Å²) in [5.41, 5.74) is 13.8. The summed E-state index contributed by atoms with van der Waals surface area (Å²) in [6.45, 7) is 9.61. The second kappa shape index (κ2) is 14.5. The molecule has 296 valence electrons. The Morgan fingerprint density at radius 2 is 1.21 bits per heavy atom. The van der Waals surface area contributed by atoms with Crippen molar-refractivity contribution in [3.05, 3.63) is 192 Å². The Hall–Kier alpha value is -7.15. The van der Waals surface area contributed by atoms with Gasteiger partial charge in [-0.1, -0.05) is 130 Å². The third-order valence-electron chi connectivity index (χ3n) is 12.0. The molecule has 0 amide bonds. The first-order valence-corrected chi connectivity index (χ1v) is 21.8. The summed E-state index contributed by atoms with van der Waals surface area (Å²) in [5, 5.41) is 5.68. The highest BCUT2D eigenvalue weighted by Gasteiger charge is 2.32. The monoisotopic (exact) mass is 808 g/mol. The van der Waals surface area contributed by atoms with Crippen molar-refractivity contribution >= 4 is 66.1 Å². The number of fused-ring (bicyclic) bond motifs is 5. The minimum absolute atomic E-state index is 0.131. The predicted molar refractivity (Wildman–Crippen MR) is 257 cm³/mol. The number of benzene rings is 7. The Morgan fingerprint density at radius 3 is 1.93 bits per heavy atom. The largest absolute Gasteiger partial charge is 0.457 e. The van der Waals surface area contributed by atoms with E-state index in [9.17, 15) is 0 Å². The second-order valence-electron chi connectivity index (χ2n) is 17.0. The van der Waals surface area contributed by atoms with E-state index in [1.54, 1.807) is 11.3 Å². The Kier molecular flexibility index (Phi) is 8.79. The van der Waals surface area contributed by atoms with E-state index in [4.69, 9.17) is 9.72 Å². The average molecular weight is 809 g/mol. The van der Waals surface area contributed by atoms with Crippen LogP contribution in [0.4, 0.5) is 22.7 Å². The first-order valence-electron chi connectivity index (χ1n) is 20.9. The van der Waals surface area contributed by atoms with Crippen LogP contribution in [0.15, 0.2) is 181 Å². The summed E-state index contributed by atoms with van der Waals surface area (Å²) >= 11 is 1.68. The van der Waals surface area contributed by atoms with Gasteiger partial charge in [0.2, 0.25) is 0 Å². The lowest BCUT2D eigenvalue weighted by Gasteiger charge is -2.28. The zero-order chi connectivity index (χ0) is 41.2. The Labute approximate surface area is 360 Å². The molecule has 0 N–H and O–H groups in total. The molecule has 1 aliphatic heterocycles. The molecule has 0 radical (unpaired) electrons. The third-order valence-corrected chi connectivity index (χ3v) is 12.8. The van der Waals surface area contributed by atoms with Crippen LogP contribution in [0.2, 0.25) is 0 Å². The number of pyridine rings is 1. The molecule has 6 heteroatoms. The lowest BCUT2D eigenvalue weighted by atomic mass is 9.86. The number of rotatable bonds is 7. The summed E-state index contributed by atoms with van der Waals surface area (Å²) in [6.07, 6.45) is 0. The molecule has 0 saturated heterocycles. The van der Waals surface area contributed by atoms with Gasteiger partial charge in [0.15, 0.2) is 0 Å². The molecule has 10 aromatic rings. The van der Waals surface area contributed by atoms with Crippen LogP contribution in [0.3, 0.4) is 0 Å². The van der Waals surface area contributed by atoms with Crippen molar-refractivity contribution in [1.29, 1.82) is 0 Å². The van der Waals surface area contributed by atoms with E-state index in [1.807, 2.05) is 0 Å². The minimum Gasteiger partial charge on any atom is -0.457 e. The van der Waals surface area contributed by atoms with Crippen molar-refractivity contribution in [2.45, 2.75) is 33.1 Å². The van der Waals surface area contributed by atoms with E-state index in [-0.39, 0.29) is 5.41 Å². The maximum absolute atomic E-state index is 6.97. The normalized spacial score (nSPS) is 12.8. The summed E-state index contributed by atoms with van der Waals surface area (Å²) in [4.78, 5) is 11.1. The molecule has 61 heavy (non-hydrogen) atoms. The molecular formula is C55H44N4OS. The fourth-order valence-corrected chi connectivity index (χ4v) is 9.84. The van der Waals surface area contributed by atoms with Crippen LogP contribution in [-0.4, -0.2) is 16.2 Å². The van der Waals surface area contributed by atoms with Gasteiger partial charge in [-0.25, -0.2) is 4.98 Å². The number of hydrogen-bond donors (Lipinski definition) is 0. The second-order valence-corrected chi connectivity index (χ2v) is 17.9. The topological polar surface area (TPSA) is 33.5 Å². The Morgan fingerprint density at radius 1 is 0.557 bits per heavy atom.